The Morgan fingerprint density at radius 2 is 2.00 bits per heavy atom. The van der Waals surface area contributed by atoms with Crippen LogP contribution in [0.1, 0.15) is 19.4 Å². The lowest BCUT2D eigenvalue weighted by Gasteiger charge is -2.27. The predicted molar refractivity (Wildman–Crippen MR) is 66.8 cm³/mol. The summed E-state index contributed by atoms with van der Waals surface area (Å²) in [4.78, 5) is 0. The Bertz CT molecular complexity index is 615. The van der Waals surface area contributed by atoms with Crippen molar-refractivity contribution in [3.63, 3.8) is 0 Å². The van der Waals surface area contributed by atoms with E-state index in [9.17, 15) is 23.7 Å². The van der Waals surface area contributed by atoms with Gasteiger partial charge in [-0.3, -0.25) is 5.32 Å². The Labute approximate surface area is 115 Å². The van der Waals surface area contributed by atoms with Crippen molar-refractivity contribution in [3.05, 3.63) is 23.8 Å². The Morgan fingerprint density at radius 1 is 1.35 bits per heavy atom. The molecule has 1 aliphatic heterocycles. The Kier molecular flexibility index (Phi) is 3.65. The van der Waals surface area contributed by atoms with Gasteiger partial charge in [0.2, 0.25) is 0 Å². The van der Waals surface area contributed by atoms with Crippen LogP contribution in [0.2, 0.25) is 0 Å². The van der Waals surface area contributed by atoms with Gasteiger partial charge in [0.1, 0.15) is 11.5 Å². The zero-order valence-corrected chi connectivity index (χ0v) is 11.6. The smallest absolute Gasteiger partial charge is 0.404 e. The molecule has 2 rings (SSSR count). The van der Waals surface area contributed by atoms with E-state index in [2.05, 4.69) is 13.7 Å². The van der Waals surface area contributed by atoms with E-state index in [0.29, 0.717) is 0 Å². The van der Waals surface area contributed by atoms with Crippen LogP contribution < -0.4 is 5.32 Å². The fourth-order valence-corrected chi connectivity index (χ4v) is 2.79. The second kappa shape index (κ2) is 4.86. The topological polar surface area (TPSA) is 125 Å². The van der Waals surface area contributed by atoms with E-state index in [-0.39, 0.29) is 17.4 Å². The zero-order chi connectivity index (χ0) is 15.1. The molecule has 0 amide bonds. The van der Waals surface area contributed by atoms with Crippen molar-refractivity contribution in [3.8, 4) is 11.5 Å². The highest BCUT2D eigenvalue weighted by atomic mass is 32.3. The predicted octanol–water partition coefficient (Wildman–Crippen LogP) is -0.141. The van der Waals surface area contributed by atoms with E-state index in [1.165, 1.54) is 6.07 Å². The first-order valence-corrected chi connectivity index (χ1v) is 7.12. The summed E-state index contributed by atoms with van der Waals surface area (Å²) in [6.07, 6.45) is -1.46. The highest BCUT2D eigenvalue weighted by molar-refractivity contribution is 7.82. The minimum atomic E-state index is -4.43. The summed E-state index contributed by atoms with van der Waals surface area (Å²) < 4.78 is 32.0. The summed E-state index contributed by atoms with van der Waals surface area (Å²) in [5, 5.41) is 32.3. The van der Waals surface area contributed by atoms with E-state index in [1.54, 1.807) is 13.8 Å². The van der Waals surface area contributed by atoms with Crippen LogP contribution in [0.3, 0.4) is 0 Å². The van der Waals surface area contributed by atoms with E-state index >= 15 is 0 Å². The summed E-state index contributed by atoms with van der Waals surface area (Å²) in [5.74, 6) is -3.20. The molecule has 20 heavy (non-hydrogen) atoms. The maximum Gasteiger partial charge on any atom is 0.404 e. The summed E-state index contributed by atoms with van der Waals surface area (Å²) in [6.45, 7) is 3.41. The van der Waals surface area contributed by atoms with Crippen LogP contribution in [0, 0.1) is 0 Å². The Hall–Kier alpha value is -1.39. The number of hydrogen-bond donors (Lipinski definition) is 4. The molecule has 0 radical (unpaired) electrons. The summed E-state index contributed by atoms with van der Waals surface area (Å²) in [7, 11) is -4.43. The SMILES string of the molecule is CC(C)NC1OS(=O)(=O)OC1(O)c1cc(O)ccc1O. The highest BCUT2D eigenvalue weighted by Gasteiger charge is 2.55. The van der Waals surface area contributed by atoms with Crippen molar-refractivity contribution in [1.82, 2.24) is 5.32 Å². The van der Waals surface area contributed by atoms with Crippen LogP contribution in [0.5, 0.6) is 11.5 Å². The molecule has 1 aliphatic rings. The molecule has 4 N–H and O–H groups in total. The van der Waals surface area contributed by atoms with Gasteiger partial charge < -0.3 is 15.3 Å². The molecule has 1 aromatic carbocycles. The number of phenols is 2. The molecule has 0 aromatic heterocycles. The quantitative estimate of drug-likeness (QED) is 0.569. The molecule has 0 bridgehead atoms. The molecule has 0 saturated carbocycles. The maximum atomic E-state index is 11.4. The third kappa shape index (κ3) is 2.72. The van der Waals surface area contributed by atoms with Gasteiger partial charge in [0, 0.05) is 6.04 Å². The van der Waals surface area contributed by atoms with Crippen LogP contribution in [0.4, 0.5) is 0 Å². The molecular weight excluding hydrogens is 290 g/mol. The first kappa shape index (κ1) is 15.0. The summed E-state index contributed by atoms with van der Waals surface area (Å²) in [5.41, 5.74) is -0.322. The van der Waals surface area contributed by atoms with Gasteiger partial charge in [-0.05, 0) is 32.0 Å². The molecule has 1 aromatic rings. The van der Waals surface area contributed by atoms with Gasteiger partial charge >= 0.3 is 10.4 Å². The number of benzene rings is 1. The van der Waals surface area contributed by atoms with Gasteiger partial charge in [-0.1, -0.05) is 0 Å². The largest absolute Gasteiger partial charge is 0.508 e. The van der Waals surface area contributed by atoms with Crippen LogP contribution in [-0.2, 0) is 24.6 Å². The fourth-order valence-electron chi connectivity index (χ4n) is 1.84. The second-order valence-electron chi connectivity index (χ2n) is 4.69. The zero-order valence-electron chi connectivity index (χ0n) is 10.8. The first-order chi connectivity index (χ1) is 9.14. The van der Waals surface area contributed by atoms with Crippen LogP contribution in [0.25, 0.3) is 0 Å². The average molecular weight is 305 g/mol. The summed E-state index contributed by atoms with van der Waals surface area (Å²) in [6, 6.07) is 3.04. The van der Waals surface area contributed by atoms with Crippen molar-refractivity contribution < 1.29 is 32.1 Å². The van der Waals surface area contributed by atoms with Gasteiger partial charge in [-0.25, -0.2) is 8.37 Å². The second-order valence-corrected chi connectivity index (χ2v) is 5.86. The Morgan fingerprint density at radius 3 is 2.60 bits per heavy atom. The highest BCUT2D eigenvalue weighted by Crippen LogP contribution is 2.41. The number of hydrogen-bond acceptors (Lipinski definition) is 8. The monoisotopic (exact) mass is 305 g/mol. The molecular formula is C11H15NO7S. The number of aromatic hydroxyl groups is 2. The van der Waals surface area contributed by atoms with Gasteiger partial charge in [0.15, 0.2) is 6.23 Å². The van der Waals surface area contributed by atoms with E-state index in [1.807, 2.05) is 0 Å². The molecule has 1 saturated heterocycles. The molecule has 9 heteroatoms. The first-order valence-electron chi connectivity index (χ1n) is 5.79. The van der Waals surface area contributed by atoms with E-state index < -0.39 is 28.2 Å². The van der Waals surface area contributed by atoms with Gasteiger partial charge in [0.05, 0.1) is 5.56 Å². The minimum Gasteiger partial charge on any atom is -0.508 e. The lowest BCUT2D eigenvalue weighted by Crippen LogP contribution is -2.48. The average Bonchev–Trinajstić information content (AvgIpc) is 2.52. The van der Waals surface area contributed by atoms with Gasteiger partial charge in [-0.2, -0.15) is 8.42 Å². The normalized spacial score (nSPS) is 28.9. The van der Waals surface area contributed by atoms with Crippen LogP contribution >= 0.6 is 0 Å². The number of phenolic OH excluding ortho intramolecular Hbond substituents is 2. The van der Waals surface area contributed by atoms with Crippen molar-refractivity contribution in [2.24, 2.45) is 0 Å². The van der Waals surface area contributed by atoms with E-state index in [4.69, 9.17) is 0 Å². The number of aliphatic hydroxyl groups is 1. The minimum absolute atomic E-state index is 0.233. The Balaban J connectivity index is 2.51. The standard InChI is InChI=1S/C11H15NO7S/c1-6(2)12-10-11(15,19-20(16,17)18-10)8-5-7(13)3-4-9(8)14/h3-6,10,12-15H,1-2H3. The fraction of sp³-hybridized carbons (Fsp3) is 0.455. The molecule has 0 spiro atoms. The molecule has 2 atom stereocenters. The summed E-state index contributed by atoms with van der Waals surface area (Å²) >= 11 is 0. The van der Waals surface area contributed by atoms with Gasteiger partial charge in [-0.15, -0.1) is 0 Å². The van der Waals surface area contributed by atoms with Crippen molar-refractivity contribution in [2.45, 2.75) is 31.9 Å². The molecule has 112 valence electrons. The molecule has 1 fully saturated rings. The third-order valence-corrected chi connectivity index (χ3v) is 3.54. The van der Waals surface area contributed by atoms with Crippen molar-refractivity contribution in [1.29, 1.82) is 0 Å². The lowest BCUT2D eigenvalue weighted by molar-refractivity contribution is -0.175. The number of nitrogens with one attached hydrogen (secondary N) is 1. The molecule has 0 aliphatic carbocycles. The molecule has 1 heterocycles. The van der Waals surface area contributed by atoms with Crippen LogP contribution in [-0.4, -0.2) is 36.0 Å². The molecule has 2 unspecified atom stereocenters. The van der Waals surface area contributed by atoms with Crippen LogP contribution in [0.15, 0.2) is 18.2 Å². The maximum absolute atomic E-state index is 11.4. The third-order valence-electron chi connectivity index (χ3n) is 2.65. The molecule has 8 nitrogen and oxygen atoms in total. The lowest BCUT2D eigenvalue weighted by atomic mass is 10.0. The van der Waals surface area contributed by atoms with Crippen molar-refractivity contribution in [2.75, 3.05) is 0 Å². The van der Waals surface area contributed by atoms with E-state index in [0.717, 1.165) is 12.1 Å². The number of rotatable bonds is 3. The van der Waals surface area contributed by atoms with Crippen molar-refractivity contribution >= 4 is 10.4 Å². The van der Waals surface area contributed by atoms with Gasteiger partial charge in [0.25, 0.3) is 5.79 Å².